The lowest BCUT2D eigenvalue weighted by atomic mass is 10.2. The average Bonchev–Trinajstić information content (AvgIpc) is 2.47. The molecule has 19 heavy (non-hydrogen) atoms. The van der Waals surface area contributed by atoms with Crippen LogP contribution < -0.4 is 4.74 Å². The zero-order valence-electron chi connectivity index (χ0n) is 11.5. The Morgan fingerprint density at radius 2 is 2.16 bits per heavy atom. The van der Waals surface area contributed by atoms with Crippen LogP contribution in [0.25, 0.3) is 0 Å². The second kappa shape index (κ2) is 6.43. The van der Waals surface area contributed by atoms with E-state index in [9.17, 15) is 4.79 Å². The van der Waals surface area contributed by atoms with E-state index in [0.29, 0.717) is 32.8 Å². The van der Waals surface area contributed by atoms with Crippen molar-refractivity contribution in [2.24, 2.45) is 0 Å². The van der Waals surface area contributed by atoms with Crippen LogP contribution >= 0.6 is 0 Å². The molecule has 1 fully saturated rings. The molecule has 1 aliphatic rings. The molecule has 0 radical (unpaired) electrons. The van der Waals surface area contributed by atoms with E-state index in [4.69, 9.17) is 9.47 Å². The summed E-state index contributed by atoms with van der Waals surface area (Å²) in [6.07, 6.45) is 0. The van der Waals surface area contributed by atoms with E-state index in [1.54, 1.807) is 12.0 Å². The van der Waals surface area contributed by atoms with Gasteiger partial charge in [-0.25, -0.2) is 4.79 Å². The molecule has 0 saturated carbocycles. The monoisotopic (exact) mass is 264 g/mol. The molecule has 0 atom stereocenters. The summed E-state index contributed by atoms with van der Waals surface area (Å²) >= 11 is 0. The molecule has 0 bridgehead atoms. The first-order chi connectivity index (χ1) is 9.20. The van der Waals surface area contributed by atoms with Crippen molar-refractivity contribution in [1.82, 2.24) is 9.80 Å². The lowest BCUT2D eigenvalue weighted by Crippen LogP contribution is -2.46. The van der Waals surface area contributed by atoms with Crippen LogP contribution in [0, 0.1) is 0 Å². The maximum absolute atomic E-state index is 12.2. The van der Waals surface area contributed by atoms with Crippen LogP contribution in [0.4, 0.5) is 4.79 Å². The van der Waals surface area contributed by atoms with Crippen LogP contribution in [0.1, 0.15) is 5.56 Å². The van der Waals surface area contributed by atoms with E-state index in [1.165, 1.54) is 0 Å². The largest absolute Gasteiger partial charge is 0.497 e. The summed E-state index contributed by atoms with van der Waals surface area (Å²) in [5, 5.41) is 0. The van der Waals surface area contributed by atoms with Crippen LogP contribution in [0.2, 0.25) is 0 Å². The first kappa shape index (κ1) is 13.7. The van der Waals surface area contributed by atoms with Crippen molar-refractivity contribution < 1.29 is 14.3 Å². The summed E-state index contributed by atoms with van der Waals surface area (Å²) in [6.45, 7) is 3.16. The second-order valence-electron chi connectivity index (χ2n) is 4.59. The Balaban J connectivity index is 1.95. The number of amides is 2. The first-order valence-corrected chi connectivity index (χ1v) is 6.41. The maximum atomic E-state index is 12.2. The van der Waals surface area contributed by atoms with Gasteiger partial charge in [-0.15, -0.1) is 0 Å². The fourth-order valence-corrected chi connectivity index (χ4v) is 2.11. The minimum atomic E-state index is 0.0473. The molecule has 0 unspecified atom stereocenters. The topological polar surface area (TPSA) is 42.0 Å². The fraction of sp³-hybridized carbons (Fsp3) is 0.500. The maximum Gasteiger partial charge on any atom is 0.320 e. The predicted molar refractivity (Wildman–Crippen MR) is 72.2 cm³/mol. The molecule has 1 saturated heterocycles. The highest BCUT2D eigenvalue weighted by molar-refractivity contribution is 5.74. The number of urea groups is 1. The van der Waals surface area contributed by atoms with Gasteiger partial charge in [0.2, 0.25) is 0 Å². The zero-order chi connectivity index (χ0) is 13.7. The molecule has 1 heterocycles. The fourth-order valence-electron chi connectivity index (χ4n) is 2.11. The summed E-state index contributed by atoms with van der Waals surface area (Å²) in [5.41, 5.74) is 1.06. The van der Waals surface area contributed by atoms with Crippen molar-refractivity contribution in [1.29, 1.82) is 0 Å². The molecule has 2 amide bonds. The first-order valence-electron chi connectivity index (χ1n) is 6.41. The Morgan fingerprint density at radius 1 is 1.42 bits per heavy atom. The number of benzene rings is 1. The third kappa shape index (κ3) is 3.61. The summed E-state index contributed by atoms with van der Waals surface area (Å²) in [4.78, 5) is 15.8. The van der Waals surface area contributed by atoms with Crippen LogP contribution in [-0.4, -0.2) is 56.3 Å². The van der Waals surface area contributed by atoms with Crippen molar-refractivity contribution in [2.75, 3.05) is 40.5 Å². The number of rotatable bonds is 3. The normalized spacial score (nSPS) is 15.2. The predicted octanol–water partition coefficient (Wildman–Crippen LogP) is 1.58. The van der Waals surface area contributed by atoms with Crippen LogP contribution in [-0.2, 0) is 11.3 Å². The van der Waals surface area contributed by atoms with Gasteiger partial charge < -0.3 is 19.3 Å². The van der Waals surface area contributed by atoms with Crippen molar-refractivity contribution >= 4 is 6.03 Å². The number of methoxy groups -OCH3 is 1. The summed E-state index contributed by atoms with van der Waals surface area (Å²) < 4.78 is 10.4. The molecule has 0 aromatic heterocycles. The number of nitrogens with zero attached hydrogens (tertiary/aromatic N) is 2. The van der Waals surface area contributed by atoms with Crippen molar-refractivity contribution in [2.45, 2.75) is 6.54 Å². The lowest BCUT2D eigenvalue weighted by Gasteiger charge is -2.31. The summed E-state index contributed by atoms with van der Waals surface area (Å²) in [6, 6.07) is 7.81. The SMILES string of the molecule is COc1cccc(CN(C)C(=O)N2CCOCC2)c1. The van der Waals surface area contributed by atoms with E-state index in [1.807, 2.05) is 36.2 Å². The van der Waals surface area contributed by atoms with E-state index < -0.39 is 0 Å². The number of hydrogen-bond donors (Lipinski definition) is 0. The van der Waals surface area contributed by atoms with E-state index in [-0.39, 0.29) is 6.03 Å². The molecule has 1 aromatic rings. The van der Waals surface area contributed by atoms with Gasteiger partial charge in [0.15, 0.2) is 0 Å². The molecular weight excluding hydrogens is 244 g/mol. The van der Waals surface area contributed by atoms with Crippen LogP contribution in [0.15, 0.2) is 24.3 Å². The van der Waals surface area contributed by atoms with E-state index >= 15 is 0 Å². The molecule has 1 aromatic carbocycles. The standard InChI is InChI=1S/C14H20N2O3/c1-15(14(17)16-6-8-19-9-7-16)11-12-4-3-5-13(10-12)18-2/h3-5,10H,6-9,11H2,1-2H3. The van der Waals surface area contributed by atoms with Crippen LogP contribution in [0.3, 0.4) is 0 Å². The molecule has 0 N–H and O–H groups in total. The molecular formula is C14H20N2O3. The molecule has 5 nitrogen and oxygen atoms in total. The minimum absolute atomic E-state index is 0.0473. The Morgan fingerprint density at radius 3 is 2.84 bits per heavy atom. The van der Waals surface area contributed by atoms with Crippen molar-refractivity contribution in [3.05, 3.63) is 29.8 Å². The number of hydrogen-bond acceptors (Lipinski definition) is 3. The molecule has 2 rings (SSSR count). The molecule has 0 aliphatic carbocycles. The van der Waals surface area contributed by atoms with E-state index in [0.717, 1.165) is 11.3 Å². The van der Waals surface area contributed by atoms with Crippen molar-refractivity contribution in [3.8, 4) is 5.75 Å². The van der Waals surface area contributed by atoms with Gasteiger partial charge in [0, 0.05) is 26.7 Å². The highest BCUT2D eigenvalue weighted by Gasteiger charge is 2.20. The minimum Gasteiger partial charge on any atom is -0.497 e. The second-order valence-corrected chi connectivity index (χ2v) is 4.59. The average molecular weight is 264 g/mol. The molecule has 5 heteroatoms. The number of carbonyl (C=O) groups excluding carboxylic acids is 1. The highest BCUT2D eigenvalue weighted by atomic mass is 16.5. The van der Waals surface area contributed by atoms with Crippen molar-refractivity contribution in [3.63, 3.8) is 0 Å². The van der Waals surface area contributed by atoms with Gasteiger partial charge in [0.05, 0.1) is 20.3 Å². The smallest absolute Gasteiger partial charge is 0.320 e. The van der Waals surface area contributed by atoms with Gasteiger partial charge in [-0.05, 0) is 17.7 Å². The quantitative estimate of drug-likeness (QED) is 0.832. The van der Waals surface area contributed by atoms with Gasteiger partial charge in [0.1, 0.15) is 5.75 Å². The molecule has 104 valence electrons. The Hall–Kier alpha value is -1.75. The molecule has 0 spiro atoms. The zero-order valence-corrected chi connectivity index (χ0v) is 11.5. The Kier molecular flexibility index (Phi) is 4.63. The highest BCUT2D eigenvalue weighted by Crippen LogP contribution is 2.14. The summed E-state index contributed by atoms with van der Waals surface area (Å²) in [5.74, 6) is 0.810. The number of ether oxygens (including phenoxy) is 2. The summed E-state index contributed by atoms with van der Waals surface area (Å²) in [7, 11) is 3.46. The molecule has 1 aliphatic heterocycles. The third-order valence-corrected chi connectivity index (χ3v) is 3.16. The Labute approximate surface area is 113 Å². The lowest BCUT2D eigenvalue weighted by molar-refractivity contribution is 0.0448. The van der Waals surface area contributed by atoms with Gasteiger partial charge in [0.25, 0.3) is 0 Å². The Bertz CT molecular complexity index is 430. The third-order valence-electron chi connectivity index (χ3n) is 3.16. The van der Waals surface area contributed by atoms with Crippen LogP contribution in [0.5, 0.6) is 5.75 Å². The van der Waals surface area contributed by atoms with Gasteiger partial charge >= 0.3 is 6.03 Å². The van der Waals surface area contributed by atoms with Gasteiger partial charge in [-0.2, -0.15) is 0 Å². The van der Waals surface area contributed by atoms with E-state index in [2.05, 4.69) is 0 Å². The van der Waals surface area contributed by atoms with Gasteiger partial charge in [-0.3, -0.25) is 0 Å². The number of carbonyl (C=O) groups is 1. The van der Waals surface area contributed by atoms with Gasteiger partial charge in [-0.1, -0.05) is 12.1 Å². The number of morpholine rings is 1.